The molecule has 0 unspecified atom stereocenters. The molecule has 2 rings (SSSR count). The zero-order valence-electron chi connectivity index (χ0n) is 11.3. The van der Waals surface area contributed by atoms with Crippen molar-refractivity contribution >= 4 is 40.7 Å². The van der Waals surface area contributed by atoms with E-state index in [1.54, 1.807) is 6.07 Å². The van der Waals surface area contributed by atoms with Crippen LogP contribution in [0.2, 0.25) is 10.0 Å². The van der Waals surface area contributed by atoms with Crippen LogP contribution in [0, 0.1) is 10.1 Å². The van der Waals surface area contributed by atoms with Gasteiger partial charge in [-0.1, -0.05) is 23.2 Å². The number of ether oxygens (including phenoxy) is 1. The number of nitro groups is 1. The van der Waals surface area contributed by atoms with Gasteiger partial charge in [0.05, 0.1) is 9.95 Å². The monoisotopic (exact) mass is 362 g/mol. The molecule has 1 aromatic carbocycles. The van der Waals surface area contributed by atoms with Crippen molar-refractivity contribution in [2.45, 2.75) is 6.42 Å². The van der Waals surface area contributed by atoms with Crippen molar-refractivity contribution < 1.29 is 14.5 Å². The Labute approximate surface area is 140 Å². The zero-order valence-corrected chi connectivity index (χ0v) is 13.6. The summed E-state index contributed by atoms with van der Waals surface area (Å²) < 4.78 is 5.26. The molecule has 0 amide bonds. The minimum absolute atomic E-state index is 0.237. The maximum atomic E-state index is 12.1. The molecule has 0 aromatic heterocycles. The van der Waals surface area contributed by atoms with Crippen LogP contribution < -0.4 is 10.1 Å². The van der Waals surface area contributed by atoms with Gasteiger partial charge in [-0.15, -0.1) is 11.8 Å². The van der Waals surface area contributed by atoms with Crippen LogP contribution in [-0.4, -0.2) is 29.6 Å². The molecule has 6 nitrogen and oxygen atoms in total. The number of rotatable bonds is 5. The molecule has 1 N–H and O–H groups in total. The highest BCUT2D eigenvalue weighted by molar-refractivity contribution is 8.03. The van der Waals surface area contributed by atoms with Crippen molar-refractivity contribution in [3.63, 3.8) is 0 Å². The summed E-state index contributed by atoms with van der Waals surface area (Å²) in [5, 5.41) is 15.0. The fourth-order valence-electron chi connectivity index (χ4n) is 1.77. The second-order valence-electron chi connectivity index (χ2n) is 4.35. The minimum Gasteiger partial charge on any atom is -0.484 e. The number of benzene rings is 1. The fourth-order valence-corrected chi connectivity index (χ4v) is 3.25. The number of carbonyl (C=O) groups excluding carboxylic acids is 1. The van der Waals surface area contributed by atoms with Gasteiger partial charge in [-0.2, -0.15) is 0 Å². The van der Waals surface area contributed by atoms with Gasteiger partial charge in [0.1, 0.15) is 5.75 Å². The number of halogens is 2. The lowest BCUT2D eigenvalue weighted by Crippen LogP contribution is -2.27. The third-order valence-corrected chi connectivity index (χ3v) is 4.42. The molecular weight excluding hydrogens is 351 g/mol. The summed E-state index contributed by atoms with van der Waals surface area (Å²) in [4.78, 5) is 22.5. The van der Waals surface area contributed by atoms with Gasteiger partial charge in [0, 0.05) is 17.3 Å². The molecule has 22 heavy (non-hydrogen) atoms. The van der Waals surface area contributed by atoms with Crippen LogP contribution >= 0.6 is 35.0 Å². The standard InChI is InChI=1S/C13H12Cl2N2O4S/c14-8-2-3-11(9(15)6-8)21-7-10(18)12(17(19)20)13-16-4-1-5-22-13/h2-3,6,16H,1,4-5,7H2. The van der Waals surface area contributed by atoms with E-state index in [0.29, 0.717) is 11.6 Å². The molecule has 1 aromatic rings. The molecule has 1 aliphatic rings. The number of hydrogen-bond acceptors (Lipinski definition) is 6. The molecule has 118 valence electrons. The van der Waals surface area contributed by atoms with E-state index in [9.17, 15) is 14.9 Å². The topological polar surface area (TPSA) is 81.5 Å². The third kappa shape index (κ3) is 4.28. The van der Waals surface area contributed by atoms with Gasteiger partial charge >= 0.3 is 5.70 Å². The van der Waals surface area contributed by atoms with Crippen LogP contribution in [0.5, 0.6) is 5.75 Å². The molecule has 0 saturated carbocycles. The molecule has 1 fully saturated rings. The van der Waals surface area contributed by atoms with Gasteiger partial charge in [0.15, 0.2) is 11.6 Å². The third-order valence-electron chi connectivity index (χ3n) is 2.77. The lowest BCUT2D eigenvalue weighted by Gasteiger charge is -2.15. The number of hydrogen-bond donors (Lipinski definition) is 1. The summed E-state index contributed by atoms with van der Waals surface area (Å²) >= 11 is 12.9. The van der Waals surface area contributed by atoms with Gasteiger partial charge in [-0.3, -0.25) is 14.9 Å². The van der Waals surface area contributed by atoms with E-state index in [4.69, 9.17) is 27.9 Å². The normalized spacial score (nSPS) is 16.6. The Morgan fingerprint density at radius 1 is 1.45 bits per heavy atom. The highest BCUT2D eigenvalue weighted by atomic mass is 35.5. The number of Topliss-reactive ketones (excluding diaryl/α,β-unsaturated/α-hetero) is 1. The predicted molar refractivity (Wildman–Crippen MR) is 86.1 cm³/mol. The summed E-state index contributed by atoms with van der Waals surface area (Å²) in [5.41, 5.74) is -0.477. The number of thioether (sulfide) groups is 1. The first-order valence-corrected chi connectivity index (χ1v) is 8.09. The van der Waals surface area contributed by atoms with E-state index in [1.165, 1.54) is 23.9 Å². The Bertz CT molecular complexity index is 628. The van der Waals surface area contributed by atoms with Crippen LogP contribution in [-0.2, 0) is 4.79 Å². The van der Waals surface area contributed by atoms with Crippen molar-refractivity contribution in [2.75, 3.05) is 18.9 Å². The SMILES string of the molecule is O=C(COc1ccc(Cl)cc1Cl)C(=C1NCCCS1)[N+](=O)[O-]. The first-order valence-electron chi connectivity index (χ1n) is 6.35. The Morgan fingerprint density at radius 3 is 2.82 bits per heavy atom. The van der Waals surface area contributed by atoms with E-state index in [0.717, 1.165) is 12.2 Å². The van der Waals surface area contributed by atoms with E-state index >= 15 is 0 Å². The van der Waals surface area contributed by atoms with Crippen molar-refractivity contribution in [3.8, 4) is 5.75 Å². The summed E-state index contributed by atoms with van der Waals surface area (Å²) in [5.74, 6) is 0.265. The molecule has 0 atom stereocenters. The van der Waals surface area contributed by atoms with Crippen molar-refractivity contribution in [1.82, 2.24) is 5.32 Å². The summed E-state index contributed by atoms with van der Waals surface area (Å²) in [6, 6.07) is 4.53. The molecule has 0 aliphatic carbocycles. The van der Waals surface area contributed by atoms with Gasteiger partial charge in [-0.05, 0) is 24.6 Å². The second kappa shape index (κ2) is 7.71. The Hall–Kier alpha value is -1.44. The molecule has 9 heteroatoms. The van der Waals surface area contributed by atoms with Gasteiger partial charge in [-0.25, -0.2) is 0 Å². The van der Waals surface area contributed by atoms with Crippen LogP contribution in [0.4, 0.5) is 0 Å². The van der Waals surface area contributed by atoms with Gasteiger partial charge in [0.2, 0.25) is 0 Å². The average molecular weight is 363 g/mol. The molecule has 0 spiro atoms. The van der Waals surface area contributed by atoms with E-state index in [-0.39, 0.29) is 15.8 Å². The summed E-state index contributed by atoms with van der Waals surface area (Å²) in [6.45, 7) is 0.139. The first-order chi connectivity index (χ1) is 10.5. The highest BCUT2D eigenvalue weighted by Crippen LogP contribution is 2.28. The molecule has 0 radical (unpaired) electrons. The maximum absolute atomic E-state index is 12.1. The number of carbonyl (C=O) groups is 1. The molecular formula is C13H12Cl2N2O4S. The number of ketones is 1. The Morgan fingerprint density at radius 2 is 2.23 bits per heavy atom. The van der Waals surface area contributed by atoms with Crippen LogP contribution in [0.25, 0.3) is 0 Å². The highest BCUT2D eigenvalue weighted by Gasteiger charge is 2.29. The lowest BCUT2D eigenvalue weighted by molar-refractivity contribution is -0.419. The van der Waals surface area contributed by atoms with Gasteiger partial charge in [0.25, 0.3) is 5.78 Å². The predicted octanol–water partition coefficient (Wildman–Crippen LogP) is 3.11. The smallest absolute Gasteiger partial charge is 0.345 e. The van der Waals surface area contributed by atoms with Crippen LogP contribution in [0.1, 0.15) is 6.42 Å². The van der Waals surface area contributed by atoms with Gasteiger partial charge < -0.3 is 10.1 Å². The van der Waals surface area contributed by atoms with Crippen molar-refractivity contribution in [3.05, 3.63) is 49.1 Å². The Kier molecular flexibility index (Phi) is 5.93. The quantitative estimate of drug-likeness (QED) is 0.492. The molecule has 1 aliphatic heterocycles. The van der Waals surface area contributed by atoms with Crippen LogP contribution in [0.15, 0.2) is 28.9 Å². The number of nitrogens with zero attached hydrogens (tertiary/aromatic N) is 1. The summed E-state index contributed by atoms with van der Waals surface area (Å²) in [6.07, 6.45) is 0.893. The lowest BCUT2D eigenvalue weighted by atomic mass is 10.3. The second-order valence-corrected chi connectivity index (χ2v) is 6.30. The average Bonchev–Trinajstić information content (AvgIpc) is 2.47. The fraction of sp³-hybridized carbons (Fsp3) is 0.308. The molecule has 1 heterocycles. The van der Waals surface area contributed by atoms with E-state index in [1.807, 2.05) is 0 Å². The molecule has 1 saturated heterocycles. The molecule has 0 bridgehead atoms. The zero-order chi connectivity index (χ0) is 16.1. The van der Waals surface area contributed by atoms with Crippen molar-refractivity contribution in [1.29, 1.82) is 0 Å². The largest absolute Gasteiger partial charge is 0.484 e. The maximum Gasteiger partial charge on any atom is 0.345 e. The first kappa shape index (κ1) is 16.9. The van der Waals surface area contributed by atoms with E-state index in [2.05, 4.69) is 5.32 Å². The Balaban J connectivity index is 2.10. The minimum atomic E-state index is -0.715. The van der Waals surface area contributed by atoms with E-state index < -0.39 is 23.0 Å². The number of nitrogens with one attached hydrogen (secondary N) is 1. The van der Waals surface area contributed by atoms with Crippen molar-refractivity contribution in [2.24, 2.45) is 0 Å². The van der Waals surface area contributed by atoms with Crippen LogP contribution in [0.3, 0.4) is 0 Å². The summed E-state index contributed by atoms with van der Waals surface area (Å²) in [7, 11) is 0.